The summed E-state index contributed by atoms with van der Waals surface area (Å²) in [4.78, 5) is 11.7. The Hall–Kier alpha value is -0.610. The van der Waals surface area contributed by atoms with Gasteiger partial charge in [0.05, 0.1) is 6.10 Å². The molecule has 2 unspecified atom stereocenters. The predicted octanol–water partition coefficient (Wildman–Crippen LogP) is 1.58. The molecule has 0 aromatic rings. The molecule has 0 spiro atoms. The highest BCUT2D eigenvalue weighted by molar-refractivity contribution is 5.76. The number of nitrogens with two attached hydrogens (primary N) is 1. The zero-order valence-electron chi connectivity index (χ0n) is 10.9. The van der Waals surface area contributed by atoms with E-state index in [2.05, 4.69) is 12.2 Å². The lowest BCUT2D eigenvalue weighted by molar-refractivity contribution is -0.122. The van der Waals surface area contributed by atoms with Gasteiger partial charge in [0, 0.05) is 25.6 Å². The summed E-state index contributed by atoms with van der Waals surface area (Å²) in [6.07, 6.45) is 7.19. The molecule has 0 aromatic carbocycles. The van der Waals surface area contributed by atoms with Gasteiger partial charge in [0.1, 0.15) is 0 Å². The maximum Gasteiger partial charge on any atom is 0.220 e. The van der Waals surface area contributed by atoms with Crippen molar-refractivity contribution in [2.75, 3.05) is 13.2 Å². The molecule has 4 heteroatoms. The van der Waals surface area contributed by atoms with Crippen molar-refractivity contribution in [3.05, 3.63) is 0 Å². The van der Waals surface area contributed by atoms with Crippen LogP contribution in [-0.2, 0) is 9.53 Å². The van der Waals surface area contributed by atoms with Gasteiger partial charge in [0.25, 0.3) is 0 Å². The number of carbonyl (C=O) groups excluding carboxylic acids is 1. The van der Waals surface area contributed by atoms with Crippen molar-refractivity contribution < 1.29 is 9.53 Å². The fraction of sp³-hybridized carbons (Fsp3) is 0.923. The SMILES string of the molecule is CCCC(CN)NC(=O)CCC1CCCCO1. The van der Waals surface area contributed by atoms with E-state index >= 15 is 0 Å². The fourth-order valence-electron chi connectivity index (χ4n) is 2.22. The van der Waals surface area contributed by atoms with Gasteiger partial charge in [-0.15, -0.1) is 0 Å². The van der Waals surface area contributed by atoms with Gasteiger partial charge in [-0.2, -0.15) is 0 Å². The number of ether oxygens (including phenoxy) is 1. The van der Waals surface area contributed by atoms with E-state index < -0.39 is 0 Å². The first-order valence-corrected chi connectivity index (χ1v) is 6.87. The summed E-state index contributed by atoms with van der Waals surface area (Å²) < 4.78 is 5.60. The second-order valence-corrected chi connectivity index (χ2v) is 4.82. The highest BCUT2D eigenvalue weighted by Gasteiger charge is 2.16. The highest BCUT2D eigenvalue weighted by atomic mass is 16.5. The van der Waals surface area contributed by atoms with Crippen LogP contribution in [0.5, 0.6) is 0 Å². The Morgan fingerprint density at radius 1 is 1.53 bits per heavy atom. The first kappa shape index (κ1) is 14.5. The van der Waals surface area contributed by atoms with Gasteiger partial charge < -0.3 is 15.8 Å². The lowest BCUT2D eigenvalue weighted by Crippen LogP contribution is -2.40. The van der Waals surface area contributed by atoms with Crippen molar-refractivity contribution >= 4 is 5.91 Å². The first-order chi connectivity index (χ1) is 8.26. The van der Waals surface area contributed by atoms with E-state index in [0.717, 1.165) is 38.7 Å². The minimum atomic E-state index is 0.114. The van der Waals surface area contributed by atoms with Crippen LogP contribution in [0.3, 0.4) is 0 Å². The first-order valence-electron chi connectivity index (χ1n) is 6.87. The van der Waals surface area contributed by atoms with Crippen molar-refractivity contribution in [1.29, 1.82) is 0 Å². The van der Waals surface area contributed by atoms with E-state index in [9.17, 15) is 4.79 Å². The van der Waals surface area contributed by atoms with Crippen LogP contribution in [0.4, 0.5) is 0 Å². The van der Waals surface area contributed by atoms with Crippen molar-refractivity contribution in [2.24, 2.45) is 5.73 Å². The maximum atomic E-state index is 11.7. The third-order valence-electron chi connectivity index (χ3n) is 3.25. The standard InChI is InChI=1S/C13H26N2O2/c1-2-5-11(10-14)15-13(16)8-7-12-6-3-4-9-17-12/h11-12H,2-10,14H2,1H3,(H,15,16). The number of amides is 1. The largest absolute Gasteiger partial charge is 0.378 e. The fourth-order valence-corrected chi connectivity index (χ4v) is 2.22. The van der Waals surface area contributed by atoms with Crippen LogP contribution in [0.1, 0.15) is 51.9 Å². The molecule has 1 amide bonds. The molecule has 1 aliphatic rings. The second kappa shape index (κ2) is 8.48. The minimum Gasteiger partial charge on any atom is -0.378 e. The Morgan fingerprint density at radius 3 is 2.94 bits per heavy atom. The summed E-state index contributed by atoms with van der Waals surface area (Å²) in [6, 6.07) is 0.139. The molecule has 1 rings (SSSR count). The third kappa shape index (κ3) is 6.03. The molecule has 0 aromatic heterocycles. The number of hydrogen-bond acceptors (Lipinski definition) is 3. The molecule has 0 saturated carbocycles. The molecule has 2 atom stereocenters. The van der Waals surface area contributed by atoms with E-state index in [1.165, 1.54) is 6.42 Å². The summed E-state index contributed by atoms with van der Waals surface area (Å²) in [5, 5.41) is 2.99. The molecule has 0 bridgehead atoms. The lowest BCUT2D eigenvalue weighted by Gasteiger charge is -2.22. The molecule has 4 nitrogen and oxygen atoms in total. The molecule has 3 N–H and O–H groups in total. The van der Waals surface area contributed by atoms with Gasteiger partial charge in [-0.05, 0) is 32.1 Å². The molecular formula is C13H26N2O2. The summed E-state index contributed by atoms with van der Waals surface area (Å²) in [5.41, 5.74) is 5.61. The Labute approximate surface area is 104 Å². The Balaban J connectivity index is 2.14. The lowest BCUT2D eigenvalue weighted by atomic mass is 10.0. The second-order valence-electron chi connectivity index (χ2n) is 4.82. The van der Waals surface area contributed by atoms with E-state index in [4.69, 9.17) is 10.5 Å². The number of rotatable bonds is 7. The van der Waals surface area contributed by atoms with Crippen LogP contribution < -0.4 is 11.1 Å². The van der Waals surface area contributed by atoms with Gasteiger partial charge in [-0.1, -0.05) is 13.3 Å². The van der Waals surface area contributed by atoms with Crippen LogP contribution in [0.15, 0.2) is 0 Å². The molecular weight excluding hydrogens is 216 g/mol. The molecule has 1 heterocycles. The van der Waals surface area contributed by atoms with Crippen molar-refractivity contribution in [3.8, 4) is 0 Å². The summed E-state index contributed by atoms with van der Waals surface area (Å²) in [7, 11) is 0. The number of nitrogens with one attached hydrogen (secondary N) is 1. The van der Waals surface area contributed by atoms with Gasteiger partial charge >= 0.3 is 0 Å². The number of carbonyl (C=O) groups is 1. The van der Waals surface area contributed by atoms with Crippen molar-refractivity contribution in [3.63, 3.8) is 0 Å². The minimum absolute atomic E-state index is 0.114. The van der Waals surface area contributed by atoms with Crippen molar-refractivity contribution in [2.45, 2.75) is 64.0 Å². The van der Waals surface area contributed by atoms with Crippen LogP contribution in [0.2, 0.25) is 0 Å². The van der Waals surface area contributed by atoms with Crippen molar-refractivity contribution in [1.82, 2.24) is 5.32 Å². The molecule has 17 heavy (non-hydrogen) atoms. The van der Waals surface area contributed by atoms with Crippen LogP contribution in [-0.4, -0.2) is 31.2 Å². The topological polar surface area (TPSA) is 64.3 Å². The monoisotopic (exact) mass is 242 g/mol. The van der Waals surface area contributed by atoms with Crippen LogP contribution in [0.25, 0.3) is 0 Å². The molecule has 1 saturated heterocycles. The van der Waals surface area contributed by atoms with E-state index in [1.54, 1.807) is 0 Å². The zero-order valence-corrected chi connectivity index (χ0v) is 10.9. The Kier molecular flexibility index (Phi) is 7.21. The highest BCUT2D eigenvalue weighted by Crippen LogP contribution is 2.16. The van der Waals surface area contributed by atoms with E-state index in [1.807, 2.05) is 0 Å². The molecule has 0 radical (unpaired) electrons. The van der Waals surface area contributed by atoms with Crippen LogP contribution in [0, 0.1) is 0 Å². The molecule has 1 aliphatic heterocycles. The predicted molar refractivity (Wildman–Crippen MR) is 68.7 cm³/mol. The summed E-state index contributed by atoms with van der Waals surface area (Å²) in [6.45, 7) is 3.48. The quantitative estimate of drug-likeness (QED) is 0.712. The van der Waals surface area contributed by atoms with Gasteiger partial charge in [-0.25, -0.2) is 0 Å². The normalized spacial score (nSPS) is 22.1. The third-order valence-corrected chi connectivity index (χ3v) is 3.25. The Morgan fingerprint density at radius 2 is 2.35 bits per heavy atom. The maximum absolute atomic E-state index is 11.7. The van der Waals surface area contributed by atoms with Gasteiger partial charge in [0.15, 0.2) is 0 Å². The average molecular weight is 242 g/mol. The van der Waals surface area contributed by atoms with E-state index in [0.29, 0.717) is 13.0 Å². The smallest absolute Gasteiger partial charge is 0.220 e. The average Bonchev–Trinajstić information content (AvgIpc) is 2.37. The Bertz CT molecular complexity index is 215. The van der Waals surface area contributed by atoms with Gasteiger partial charge in [-0.3, -0.25) is 4.79 Å². The summed E-state index contributed by atoms with van der Waals surface area (Å²) in [5.74, 6) is 0.114. The van der Waals surface area contributed by atoms with Crippen LogP contribution >= 0.6 is 0 Å². The van der Waals surface area contributed by atoms with E-state index in [-0.39, 0.29) is 18.1 Å². The summed E-state index contributed by atoms with van der Waals surface area (Å²) >= 11 is 0. The van der Waals surface area contributed by atoms with Gasteiger partial charge in [0.2, 0.25) is 5.91 Å². The molecule has 100 valence electrons. The zero-order chi connectivity index (χ0) is 12.5. The number of hydrogen-bond donors (Lipinski definition) is 2. The molecule has 0 aliphatic carbocycles. The molecule has 1 fully saturated rings.